The van der Waals surface area contributed by atoms with E-state index in [9.17, 15) is 27.6 Å². The minimum absolute atomic E-state index is 0.0559. The van der Waals surface area contributed by atoms with Gasteiger partial charge in [0.2, 0.25) is 4.73 Å². The smallest absolute Gasteiger partial charge is 0.289 e. The van der Waals surface area contributed by atoms with Gasteiger partial charge in [0.05, 0.1) is 28.9 Å². The van der Waals surface area contributed by atoms with E-state index in [1.165, 1.54) is 28.8 Å². The zero-order valence-corrected chi connectivity index (χ0v) is 19.7. The van der Waals surface area contributed by atoms with Gasteiger partial charge in [-0.25, -0.2) is 0 Å². The number of aromatic nitrogens is 3. The van der Waals surface area contributed by atoms with Crippen LogP contribution in [0.25, 0.3) is 5.69 Å². The zero-order chi connectivity index (χ0) is 25.6. The van der Waals surface area contributed by atoms with Crippen molar-refractivity contribution in [3.05, 3.63) is 111 Å². The fraction of sp³-hybridized carbons (Fsp3) is 0.0800. The van der Waals surface area contributed by atoms with Gasteiger partial charge in [-0.1, -0.05) is 42.5 Å². The predicted molar refractivity (Wildman–Crippen MR) is 125 cm³/mol. The van der Waals surface area contributed by atoms with Crippen LogP contribution in [-0.2, 0) is 12.7 Å². The number of carbonyl (C=O) groups is 3. The van der Waals surface area contributed by atoms with E-state index in [2.05, 4.69) is 26.1 Å². The molecule has 5 rings (SSSR count). The van der Waals surface area contributed by atoms with Crippen LogP contribution in [0.3, 0.4) is 0 Å². The summed E-state index contributed by atoms with van der Waals surface area (Å²) in [7, 11) is 0. The van der Waals surface area contributed by atoms with Crippen molar-refractivity contribution in [2.24, 2.45) is 0 Å². The lowest BCUT2D eigenvalue weighted by molar-refractivity contribution is -0.137. The molecule has 0 bridgehead atoms. The molecule has 1 aliphatic rings. The summed E-state index contributed by atoms with van der Waals surface area (Å²) in [4.78, 5) is 40.0. The lowest BCUT2D eigenvalue weighted by Gasteiger charge is -2.18. The van der Waals surface area contributed by atoms with Crippen LogP contribution in [0.2, 0.25) is 0 Å². The number of nitrogens with zero attached hydrogens (tertiary/aromatic N) is 4. The summed E-state index contributed by atoms with van der Waals surface area (Å²) in [6, 6.07) is 16.9. The van der Waals surface area contributed by atoms with Crippen LogP contribution >= 0.6 is 15.9 Å². The van der Waals surface area contributed by atoms with Crippen LogP contribution in [0.5, 0.6) is 0 Å². The van der Waals surface area contributed by atoms with Gasteiger partial charge in [0, 0.05) is 11.1 Å². The third-order valence-electron chi connectivity index (χ3n) is 5.71. The third kappa shape index (κ3) is 4.01. The van der Waals surface area contributed by atoms with Crippen LogP contribution < -0.4 is 0 Å². The van der Waals surface area contributed by atoms with Crippen LogP contribution in [0, 0.1) is 0 Å². The molecule has 36 heavy (non-hydrogen) atoms. The van der Waals surface area contributed by atoms with E-state index < -0.39 is 29.3 Å². The molecule has 0 saturated carbocycles. The second kappa shape index (κ2) is 8.83. The van der Waals surface area contributed by atoms with Gasteiger partial charge in [0.25, 0.3) is 11.8 Å². The van der Waals surface area contributed by atoms with E-state index in [-0.39, 0.29) is 45.0 Å². The molecule has 0 spiro atoms. The second-order valence-electron chi connectivity index (χ2n) is 7.89. The first kappa shape index (κ1) is 23.6. The molecular weight excluding hydrogens is 541 g/mol. The minimum atomic E-state index is -4.68. The van der Waals surface area contributed by atoms with E-state index in [1.807, 2.05) is 0 Å². The summed E-state index contributed by atoms with van der Waals surface area (Å²) in [6.07, 6.45) is -4.68. The van der Waals surface area contributed by atoms with Crippen molar-refractivity contribution in [2.75, 3.05) is 0 Å². The summed E-state index contributed by atoms with van der Waals surface area (Å²) in [5, 5.41) is 7.94. The number of alkyl halides is 3. The van der Waals surface area contributed by atoms with E-state index >= 15 is 0 Å². The molecule has 0 fully saturated rings. The van der Waals surface area contributed by atoms with Gasteiger partial charge in [-0.05, 0) is 46.3 Å². The number of benzene rings is 3. The summed E-state index contributed by atoms with van der Waals surface area (Å²) < 4.78 is 41.9. The maximum absolute atomic E-state index is 13.5. The molecule has 0 unspecified atom stereocenters. The van der Waals surface area contributed by atoms with Gasteiger partial charge in [-0.3, -0.25) is 23.9 Å². The van der Waals surface area contributed by atoms with Crippen LogP contribution in [-0.4, -0.2) is 37.3 Å². The average molecular weight is 555 g/mol. The molecule has 4 aromatic rings. The Labute approximate surface area is 210 Å². The molecule has 1 aliphatic heterocycles. The van der Waals surface area contributed by atoms with Crippen LogP contribution in [0.4, 0.5) is 13.2 Å². The number of rotatable bonds is 5. The highest BCUT2D eigenvalue weighted by Crippen LogP contribution is 2.34. The van der Waals surface area contributed by atoms with E-state index in [1.54, 1.807) is 30.3 Å². The Hall–Kier alpha value is -4.12. The summed E-state index contributed by atoms with van der Waals surface area (Å²) in [6.45, 7) is -0.315. The molecular formula is C25H14BrF3N4O3. The Balaban J connectivity index is 1.61. The normalized spacial score (nSPS) is 13.3. The number of amides is 2. The van der Waals surface area contributed by atoms with Crippen molar-refractivity contribution in [3.63, 3.8) is 0 Å². The lowest BCUT2D eigenvalue weighted by Crippen LogP contribution is -2.30. The molecule has 0 radical (unpaired) electrons. The molecule has 7 nitrogen and oxygen atoms in total. The maximum Gasteiger partial charge on any atom is 0.416 e. The van der Waals surface area contributed by atoms with Crippen molar-refractivity contribution < 1.29 is 27.6 Å². The third-order valence-corrected chi connectivity index (χ3v) is 6.23. The van der Waals surface area contributed by atoms with Crippen LogP contribution in [0.1, 0.15) is 48.0 Å². The zero-order valence-electron chi connectivity index (χ0n) is 18.2. The van der Waals surface area contributed by atoms with Crippen molar-refractivity contribution >= 4 is 33.5 Å². The van der Waals surface area contributed by atoms with Gasteiger partial charge in [0.15, 0.2) is 11.6 Å². The maximum atomic E-state index is 13.5. The quantitative estimate of drug-likeness (QED) is 0.254. The molecule has 0 atom stereocenters. The minimum Gasteiger partial charge on any atom is -0.289 e. The number of ketones is 1. The van der Waals surface area contributed by atoms with Crippen LogP contribution in [0.15, 0.2) is 77.5 Å². The Kier molecular flexibility index (Phi) is 5.79. The van der Waals surface area contributed by atoms with Gasteiger partial charge < -0.3 is 0 Å². The number of halogens is 4. The van der Waals surface area contributed by atoms with E-state index in [0.717, 1.165) is 23.1 Å². The molecule has 180 valence electrons. The molecule has 11 heteroatoms. The summed E-state index contributed by atoms with van der Waals surface area (Å²) >= 11 is 3.23. The molecule has 2 amide bonds. The molecule has 0 saturated heterocycles. The van der Waals surface area contributed by atoms with Gasteiger partial charge >= 0.3 is 6.18 Å². The topological polar surface area (TPSA) is 85.2 Å². The fourth-order valence-electron chi connectivity index (χ4n) is 3.99. The molecule has 0 aliphatic carbocycles. The van der Waals surface area contributed by atoms with Crippen molar-refractivity contribution in [1.82, 2.24) is 19.7 Å². The first-order valence-electron chi connectivity index (χ1n) is 10.5. The van der Waals surface area contributed by atoms with Gasteiger partial charge in [-0.2, -0.15) is 13.2 Å². The SMILES string of the molecule is O=C(c1ccccc1)c1cc(C(F)(F)F)ccc1-n1c(Br)nnc1CN1C(=O)c2ccccc2C1=O. The number of imide groups is 1. The molecule has 2 heterocycles. The first-order chi connectivity index (χ1) is 17.2. The monoisotopic (exact) mass is 554 g/mol. The molecule has 0 N–H and O–H groups in total. The predicted octanol–water partition coefficient (Wildman–Crippen LogP) is 5.08. The number of fused-ring (bicyclic) bond motifs is 1. The van der Waals surface area contributed by atoms with E-state index in [0.29, 0.717) is 0 Å². The van der Waals surface area contributed by atoms with Crippen molar-refractivity contribution in [2.45, 2.75) is 12.7 Å². The largest absolute Gasteiger partial charge is 0.416 e. The van der Waals surface area contributed by atoms with Crippen molar-refractivity contribution in [1.29, 1.82) is 0 Å². The summed E-state index contributed by atoms with van der Waals surface area (Å²) in [5.74, 6) is -1.65. The Morgan fingerprint density at radius 1 is 0.861 bits per heavy atom. The highest BCUT2D eigenvalue weighted by Gasteiger charge is 2.37. The first-order valence-corrected chi connectivity index (χ1v) is 11.3. The molecule has 3 aromatic carbocycles. The van der Waals surface area contributed by atoms with Gasteiger partial charge in [0.1, 0.15) is 0 Å². The van der Waals surface area contributed by atoms with Crippen molar-refractivity contribution in [3.8, 4) is 5.69 Å². The Morgan fingerprint density at radius 2 is 1.47 bits per heavy atom. The van der Waals surface area contributed by atoms with Gasteiger partial charge in [-0.15, -0.1) is 10.2 Å². The number of hydrogen-bond acceptors (Lipinski definition) is 5. The highest BCUT2D eigenvalue weighted by molar-refractivity contribution is 9.10. The average Bonchev–Trinajstić information content (AvgIpc) is 3.35. The number of carbonyl (C=O) groups excluding carboxylic acids is 3. The Morgan fingerprint density at radius 3 is 2.08 bits per heavy atom. The Bertz CT molecular complexity index is 1500. The molecule has 1 aromatic heterocycles. The highest BCUT2D eigenvalue weighted by atomic mass is 79.9. The van der Waals surface area contributed by atoms with E-state index in [4.69, 9.17) is 0 Å². The fourth-order valence-corrected chi connectivity index (χ4v) is 4.47. The lowest BCUT2D eigenvalue weighted by atomic mass is 9.99. The number of hydrogen-bond donors (Lipinski definition) is 0. The second-order valence-corrected chi connectivity index (χ2v) is 8.60. The summed E-state index contributed by atoms with van der Waals surface area (Å²) in [5.41, 5.74) is -0.537. The standard InChI is InChI=1S/C25H14BrF3N4O3/c26-24-31-30-20(13-32-22(35)16-8-4-5-9-17(16)23(32)36)33(24)19-11-10-15(25(27,28)29)12-18(19)21(34)14-6-2-1-3-7-14/h1-12H,13H2.